The Hall–Kier alpha value is -0.220. The van der Waals surface area contributed by atoms with Gasteiger partial charge in [0.1, 0.15) is 0 Å². The molecule has 1 fully saturated rings. The van der Waals surface area contributed by atoms with Gasteiger partial charge in [0, 0.05) is 26.1 Å². The highest BCUT2D eigenvalue weighted by Crippen LogP contribution is 2.17. The Kier molecular flexibility index (Phi) is 3.20. The Morgan fingerprint density at radius 3 is 2.91 bits per heavy atom. The fourth-order valence-electron chi connectivity index (χ4n) is 1.35. The van der Waals surface area contributed by atoms with E-state index in [1.165, 1.54) is 0 Å². The van der Waals surface area contributed by atoms with Crippen LogP contribution in [-0.4, -0.2) is 36.2 Å². The van der Waals surface area contributed by atoms with E-state index in [0.717, 1.165) is 12.3 Å². The molecule has 0 radical (unpaired) electrons. The molecular weight excluding hydrogens is 160 g/mol. The van der Waals surface area contributed by atoms with Crippen molar-refractivity contribution in [3.63, 3.8) is 0 Å². The lowest BCUT2D eigenvalue weighted by molar-refractivity contribution is -0.127. The number of likely N-dealkylation sites (tertiary alicyclic amines) is 1. The molecule has 0 aromatic heterocycles. The predicted molar refractivity (Wildman–Crippen MR) is 47.6 cm³/mol. The van der Waals surface area contributed by atoms with Gasteiger partial charge < -0.3 is 10.6 Å². The van der Waals surface area contributed by atoms with E-state index in [-0.39, 0.29) is 5.91 Å². The van der Waals surface area contributed by atoms with Crippen molar-refractivity contribution in [1.82, 2.24) is 4.90 Å². The fourth-order valence-corrected chi connectivity index (χ4v) is 1.59. The second kappa shape index (κ2) is 3.97. The third-order valence-corrected chi connectivity index (χ3v) is 2.47. The van der Waals surface area contributed by atoms with Gasteiger partial charge in [0.15, 0.2) is 0 Å². The third-order valence-electron chi connectivity index (χ3n) is 1.95. The second-order valence-corrected chi connectivity index (χ2v) is 3.25. The van der Waals surface area contributed by atoms with Crippen molar-refractivity contribution in [2.75, 3.05) is 25.4 Å². The normalized spacial score (nSPS) is 24.7. The van der Waals surface area contributed by atoms with Gasteiger partial charge in [0.25, 0.3) is 0 Å². The van der Waals surface area contributed by atoms with Crippen molar-refractivity contribution in [2.45, 2.75) is 6.42 Å². The highest BCUT2D eigenvalue weighted by molar-refractivity contribution is 7.80. The first-order valence-electron chi connectivity index (χ1n) is 3.86. The van der Waals surface area contributed by atoms with Crippen molar-refractivity contribution in [1.29, 1.82) is 0 Å². The molecule has 0 aromatic rings. The summed E-state index contributed by atoms with van der Waals surface area (Å²) in [5.74, 6) is 1.47. The molecule has 0 aliphatic carbocycles. The van der Waals surface area contributed by atoms with Crippen LogP contribution >= 0.6 is 12.6 Å². The summed E-state index contributed by atoms with van der Waals surface area (Å²) in [6.07, 6.45) is 0.656. The zero-order valence-corrected chi connectivity index (χ0v) is 7.39. The van der Waals surface area contributed by atoms with Crippen molar-refractivity contribution in [3.8, 4) is 0 Å². The van der Waals surface area contributed by atoms with Gasteiger partial charge >= 0.3 is 0 Å². The summed E-state index contributed by atoms with van der Waals surface area (Å²) >= 11 is 4.15. The average molecular weight is 174 g/mol. The number of rotatable bonds is 3. The van der Waals surface area contributed by atoms with Crippen LogP contribution in [0.5, 0.6) is 0 Å². The van der Waals surface area contributed by atoms with Gasteiger partial charge in [0.05, 0.1) is 0 Å². The van der Waals surface area contributed by atoms with E-state index >= 15 is 0 Å². The number of nitrogens with two attached hydrogens (primary N) is 1. The van der Waals surface area contributed by atoms with Gasteiger partial charge in [-0.3, -0.25) is 4.79 Å². The number of carbonyl (C=O) groups excluding carboxylic acids is 1. The number of amides is 1. The molecule has 2 N–H and O–H groups in total. The Morgan fingerprint density at radius 2 is 2.45 bits per heavy atom. The summed E-state index contributed by atoms with van der Waals surface area (Å²) in [5.41, 5.74) is 5.34. The third kappa shape index (κ3) is 2.10. The highest BCUT2D eigenvalue weighted by atomic mass is 32.1. The smallest absolute Gasteiger partial charge is 0.222 e. The first kappa shape index (κ1) is 8.87. The van der Waals surface area contributed by atoms with E-state index in [9.17, 15) is 4.79 Å². The first-order valence-corrected chi connectivity index (χ1v) is 4.50. The predicted octanol–water partition coefficient (Wildman–Crippen LogP) is -0.277. The molecule has 0 spiro atoms. The van der Waals surface area contributed by atoms with Crippen LogP contribution in [0.1, 0.15) is 6.42 Å². The maximum Gasteiger partial charge on any atom is 0.222 e. The van der Waals surface area contributed by atoms with Crippen molar-refractivity contribution in [3.05, 3.63) is 0 Å². The summed E-state index contributed by atoms with van der Waals surface area (Å²) in [6, 6.07) is 0. The highest BCUT2D eigenvalue weighted by Gasteiger charge is 2.27. The van der Waals surface area contributed by atoms with Gasteiger partial charge in [-0.15, -0.1) is 0 Å². The van der Waals surface area contributed by atoms with Gasteiger partial charge in [-0.1, -0.05) is 0 Å². The van der Waals surface area contributed by atoms with Gasteiger partial charge in [-0.2, -0.15) is 12.6 Å². The minimum absolute atomic E-state index is 0.231. The van der Waals surface area contributed by atoms with Crippen LogP contribution in [0.25, 0.3) is 0 Å². The Bertz CT molecular complexity index is 151. The number of carbonyl (C=O) groups is 1. The van der Waals surface area contributed by atoms with Crippen LogP contribution in [0.15, 0.2) is 0 Å². The Morgan fingerprint density at radius 1 is 1.73 bits per heavy atom. The van der Waals surface area contributed by atoms with E-state index < -0.39 is 0 Å². The van der Waals surface area contributed by atoms with Crippen molar-refractivity contribution < 1.29 is 4.79 Å². The summed E-state index contributed by atoms with van der Waals surface area (Å²) in [4.78, 5) is 13.0. The number of hydrogen-bond acceptors (Lipinski definition) is 3. The van der Waals surface area contributed by atoms with E-state index in [2.05, 4.69) is 12.6 Å². The number of thiol groups is 1. The SMILES string of the molecule is NCCN1CC(CS)CC1=O. The quantitative estimate of drug-likeness (QED) is 0.578. The minimum Gasteiger partial charge on any atom is -0.341 e. The standard InChI is InChI=1S/C7H14N2OS/c8-1-2-9-4-6(5-11)3-7(9)10/h6,11H,1-5,8H2. The van der Waals surface area contributed by atoms with Crippen LogP contribution < -0.4 is 5.73 Å². The molecule has 3 nitrogen and oxygen atoms in total. The molecule has 1 unspecified atom stereocenters. The Balaban J connectivity index is 2.38. The molecule has 0 saturated carbocycles. The maximum atomic E-state index is 11.2. The van der Waals surface area contributed by atoms with Crippen LogP contribution in [0.4, 0.5) is 0 Å². The summed E-state index contributed by atoms with van der Waals surface area (Å²) < 4.78 is 0. The lowest BCUT2D eigenvalue weighted by Crippen LogP contribution is -2.30. The molecule has 64 valence electrons. The Labute approximate surface area is 72.3 Å². The summed E-state index contributed by atoms with van der Waals surface area (Å²) in [6.45, 7) is 2.10. The van der Waals surface area contributed by atoms with Crippen LogP contribution in [0.3, 0.4) is 0 Å². The van der Waals surface area contributed by atoms with E-state index in [4.69, 9.17) is 5.73 Å². The molecule has 1 aliphatic heterocycles. The zero-order valence-electron chi connectivity index (χ0n) is 6.49. The zero-order chi connectivity index (χ0) is 8.27. The van der Waals surface area contributed by atoms with E-state index in [1.54, 1.807) is 0 Å². The molecule has 0 bridgehead atoms. The molecule has 0 aromatic carbocycles. The van der Waals surface area contributed by atoms with Crippen LogP contribution in [-0.2, 0) is 4.79 Å². The fraction of sp³-hybridized carbons (Fsp3) is 0.857. The largest absolute Gasteiger partial charge is 0.341 e. The molecule has 1 saturated heterocycles. The van der Waals surface area contributed by atoms with Crippen molar-refractivity contribution >= 4 is 18.5 Å². The van der Waals surface area contributed by atoms with Gasteiger partial charge in [0.2, 0.25) is 5.91 Å². The first-order chi connectivity index (χ1) is 5.27. The molecule has 1 amide bonds. The molecule has 1 aliphatic rings. The lowest BCUT2D eigenvalue weighted by atomic mass is 10.1. The van der Waals surface area contributed by atoms with Crippen LogP contribution in [0.2, 0.25) is 0 Å². The minimum atomic E-state index is 0.231. The molecule has 11 heavy (non-hydrogen) atoms. The van der Waals surface area contributed by atoms with Crippen LogP contribution in [0, 0.1) is 5.92 Å². The topological polar surface area (TPSA) is 46.3 Å². The molecule has 1 rings (SSSR count). The number of nitrogens with zero attached hydrogens (tertiary/aromatic N) is 1. The van der Waals surface area contributed by atoms with Gasteiger partial charge in [-0.25, -0.2) is 0 Å². The molecule has 4 heteroatoms. The van der Waals surface area contributed by atoms with Crippen molar-refractivity contribution in [2.24, 2.45) is 11.7 Å². The number of hydrogen-bond donors (Lipinski definition) is 2. The van der Waals surface area contributed by atoms with Gasteiger partial charge in [-0.05, 0) is 11.7 Å². The average Bonchev–Trinajstić information content (AvgIpc) is 2.33. The monoisotopic (exact) mass is 174 g/mol. The van der Waals surface area contributed by atoms with E-state index in [0.29, 0.717) is 25.4 Å². The molecule has 1 atom stereocenters. The van der Waals surface area contributed by atoms with E-state index in [1.807, 2.05) is 4.90 Å². The lowest BCUT2D eigenvalue weighted by Gasteiger charge is -2.14. The molecule has 1 heterocycles. The summed E-state index contributed by atoms with van der Waals surface area (Å²) in [7, 11) is 0. The summed E-state index contributed by atoms with van der Waals surface area (Å²) in [5, 5.41) is 0. The molecular formula is C7H14N2OS. The maximum absolute atomic E-state index is 11.2. The second-order valence-electron chi connectivity index (χ2n) is 2.88.